The van der Waals surface area contributed by atoms with Crippen LogP contribution in [0.2, 0.25) is 0 Å². The van der Waals surface area contributed by atoms with Crippen LogP contribution in [0.5, 0.6) is 0 Å². The number of benzene rings is 2. The van der Waals surface area contributed by atoms with Crippen molar-refractivity contribution in [1.82, 2.24) is 24.5 Å². The molecule has 2 aliphatic heterocycles. The number of likely N-dealkylation sites (tertiary alicyclic amines) is 2. The topological polar surface area (TPSA) is 78.8 Å². The first-order chi connectivity index (χ1) is 15.8. The van der Waals surface area contributed by atoms with Gasteiger partial charge in [0.25, 0.3) is 11.8 Å². The number of nitrogens with zero attached hydrogens (tertiary/aromatic N) is 5. The normalized spacial score (nSPS) is 22.0. The molecular weight excluding hydrogens is 418 g/mol. The Kier molecular flexibility index (Phi) is 4.96. The van der Waals surface area contributed by atoms with Crippen LogP contribution in [-0.2, 0) is 11.8 Å². The van der Waals surface area contributed by atoms with Crippen molar-refractivity contribution in [2.45, 2.75) is 0 Å². The minimum atomic E-state index is -0.811. The van der Waals surface area contributed by atoms with Crippen molar-refractivity contribution in [1.29, 1.82) is 0 Å². The summed E-state index contributed by atoms with van der Waals surface area (Å²) in [5.41, 5.74) is 1.09. The van der Waals surface area contributed by atoms with Crippen LogP contribution in [0.15, 0.2) is 54.6 Å². The minimum Gasteiger partial charge on any atom is -0.348 e. The van der Waals surface area contributed by atoms with Crippen LogP contribution in [-0.4, -0.2) is 82.5 Å². The van der Waals surface area contributed by atoms with Gasteiger partial charge in [0.15, 0.2) is 5.69 Å². The van der Waals surface area contributed by atoms with Gasteiger partial charge in [0, 0.05) is 64.2 Å². The van der Waals surface area contributed by atoms with E-state index in [4.69, 9.17) is 0 Å². The van der Waals surface area contributed by atoms with Crippen LogP contribution in [0.4, 0.5) is 0 Å². The highest BCUT2D eigenvalue weighted by Gasteiger charge is 2.59. The van der Waals surface area contributed by atoms with Crippen LogP contribution in [0.1, 0.15) is 20.8 Å². The maximum atomic E-state index is 13.5. The second-order valence-corrected chi connectivity index (χ2v) is 9.28. The van der Waals surface area contributed by atoms with Gasteiger partial charge < -0.3 is 14.7 Å². The molecule has 0 aliphatic carbocycles. The van der Waals surface area contributed by atoms with Crippen molar-refractivity contribution in [2.75, 3.05) is 40.3 Å². The molecule has 2 saturated heterocycles. The number of para-hydroxylation sites is 1. The van der Waals surface area contributed by atoms with Crippen LogP contribution < -0.4 is 0 Å². The fourth-order valence-electron chi connectivity index (χ4n) is 5.41. The van der Waals surface area contributed by atoms with Crippen molar-refractivity contribution in [2.24, 2.45) is 18.4 Å². The first-order valence-electron chi connectivity index (χ1n) is 11.1. The molecule has 2 fully saturated rings. The molecule has 5 rings (SSSR count). The molecular formula is C25H27N5O3. The Balaban J connectivity index is 1.44. The van der Waals surface area contributed by atoms with Crippen LogP contribution in [0, 0.1) is 11.3 Å². The summed E-state index contributed by atoms with van der Waals surface area (Å²) >= 11 is 0. The van der Waals surface area contributed by atoms with Gasteiger partial charge in [-0.05, 0) is 18.2 Å². The van der Waals surface area contributed by atoms with E-state index >= 15 is 0 Å². The summed E-state index contributed by atoms with van der Waals surface area (Å²) in [4.78, 5) is 45.1. The van der Waals surface area contributed by atoms with E-state index in [0.29, 0.717) is 30.9 Å². The summed E-state index contributed by atoms with van der Waals surface area (Å²) in [6.45, 7) is 1.44. The molecule has 0 radical (unpaired) electrons. The van der Waals surface area contributed by atoms with Gasteiger partial charge in [0.1, 0.15) is 0 Å². The Labute approximate surface area is 192 Å². The average Bonchev–Trinajstić information content (AvgIpc) is 3.47. The number of fused-ring (bicyclic) bond motifs is 2. The van der Waals surface area contributed by atoms with E-state index in [1.54, 1.807) is 45.6 Å². The zero-order valence-corrected chi connectivity index (χ0v) is 19.1. The first kappa shape index (κ1) is 21.2. The third-order valence-electron chi connectivity index (χ3n) is 7.00. The molecule has 0 saturated carbocycles. The highest BCUT2D eigenvalue weighted by atomic mass is 16.2. The summed E-state index contributed by atoms with van der Waals surface area (Å²) in [6.07, 6.45) is 0. The highest BCUT2D eigenvalue weighted by Crippen LogP contribution is 2.44. The van der Waals surface area contributed by atoms with E-state index in [1.165, 1.54) is 0 Å². The number of hydrogen-bond donors (Lipinski definition) is 0. The molecule has 0 spiro atoms. The Morgan fingerprint density at radius 3 is 2.18 bits per heavy atom. The molecule has 3 aromatic rings. The van der Waals surface area contributed by atoms with E-state index in [0.717, 1.165) is 10.9 Å². The third kappa shape index (κ3) is 3.28. The standard InChI is InChI=1S/C25H27N5O3/c1-27(2)24(33)25-15-29(22(31)17-9-5-4-6-10-17)13-18(25)14-30(16-25)23(32)21-19-11-7-8-12-20(19)28(3)26-21/h4-12,18H,13-16H2,1-3H3/t18-,25-/m0/s1. The van der Waals surface area contributed by atoms with E-state index < -0.39 is 5.41 Å². The summed E-state index contributed by atoms with van der Waals surface area (Å²) in [7, 11) is 5.28. The Bertz CT molecular complexity index is 1250. The minimum absolute atomic E-state index is 0.0444. The van der Waals surface area contributed by atoms with E-state index in [9.17, 15) is 14.4 Å². The first-order valence-corrected chi connectivity index (χ1v) is 11.1. The van der Waals surface area contributed by atoms with Gasteiger partial charge in [-0.2, -0.15) is 5.10 Å². The van der Waals surface area contributed by atoms with E-state index in [2.05, 4.69) is 5.10 Å². The van der Waals surface area contributed by atoms with Crippen LogP contribution >= 0.6 is 0 Å². The fourth-order valence-corrected chi connectivity index (χ4v) is 5.41. The molecule has 0 bridgehead atoms. The second-order valence-electron chi connectivity index (χ2n) is 9.28. The zero-order chi connectivity index (χ0) is 23.3. The number of aromatic nitrogens is 2. The van der Waals surface area contributed by atoms with Gasteiger partial charge in [0.2, 0.25) is 5.91 Å². The molecule has 2 aromatic carbocycles. The van der Waals surface area contributed by atoms with Gasteiger partial charge in [-0.15, -0.1) is 0 Å². The molecule has 170 valence electrons. The Morgan fingerprint density at radius 1 is 0.909 bits per heavy atom. The number of rotatable bonds is 3. The molecule has 0 N–H and O–H groups in total. The smallest absolute Gasteiger partial charge is 0.275 e. The molecule has 3 heterocycles. The number of hydrogen-bond acceptors (Lipinski definition) is 4. The largest absolute Gasteiger partial charge is 0.348 e. The molecule has 2 aliphatic rings. The van der Waals surface area contributed by atoms with Crippen molar-refractivity contribution in [3.63, 3.8) is 0 Å². The van der Waals surface area contributed by atoms with Crippen molar-refractivity contribution in [3.05, 3.63) is 65.9 Å². The van der Waals surface area contributed by atoms with Gasteiger partial charge in [0.05, 0.1) is 10.9 Å². The van der Waals surface area contributed by atoms with Gasteiger partial charge >= 0.3 is 0 Å². The summed E-state index contributed by atoms with van der Waals surface area (Å²) in [6, 6.07) is 16.8. The summed E-state index contributed by atoms with van der Waals surface area (Å²) in [5.74, 6) is -0.423. The molecule has 0 unspecified atom stereocenters. The summed E-state index contributed by atoms with van der Waals surface area (Å²) < 4.78 is 1.71. The quantitative estimate of drug-likeness (QED) is 0.617. The molecule has 8 heteroatoms. The Hall–Kier alpha value is -3.68. The lowest BCUT2D eigenvalue weighted by Gasteiger charge is -2.30. The number of carbonyl (C=O) groups is 3. The van der Waals surface area contributed by atoms with Crippen LogP contribution in [0.3, 0.4) is 0 Å². The second kappa shape index (κ2) is 7.72. The molecule has 33 heavy (non-hydrogen) atoms. The van der Waals surface area contributed by atoms with Crippen molar-refractivity contribution >= 4 is 28.6 Å². The van der Waals surface area contributed by atoms with Gasteiger partial charge in [-0.25, -0.2) is 0 Å². The maximum absolute atomic E-state index is 13.5. The van der Waals surface area contributed by atoms with Crippen molar-refractivity contribution < 1.29 is 14.4 Å². The Morgan fingerprint density at radius 2 is 1.52 bits per heavy atom. The predicted octanol–water partition coefficient (Wildman–Crippen LogP) is 1.88. The third-order valence-corrected chi connectivity index (χ3v) is 7.00. The molecule has 3 amide bonds. The number of carbonyl (C=O) groups excluding carboxylic acids is 3. The summed E-state index contributed by atoms with van der Waals surface area (Å²) in [5, 5.41) is 5.28. The van der Waals surface area contributed by atoms with E-state index in [1.807, 2.05) is 49.5 Å². The predicted molar refractivity (Wildman–Crippen MR) is 124 cm³/mol. The van der Waals surface area contributed by atoms with Crippen LogP contribution in [0.25, 0.3) is 10.9 Å². The molecule has 8 nitrogen and oxygen atoms in total. The SMILES string of the molecule is CN(C)C(=O)[C@]12CN(C(=O)c3ccccc3)C[C@H]1CN(C(=O)c1nn(C)c3ccccc13)C2. The van der Waals surface area contributed by atoms with Gasteiger partial charge in [-0.1, -0.05) is 36.4 Å². The maximum Gasteiger partial charge on any atom is 0.275 e. The van der Waals surface area contributed by atoms with E-state index in [-0.39, 0.29) is 30.2 Å². The van der Waals surface area contributed by atoms with Crippen molar-refractivity contribution in [3.8, 4) is 0 Å². The average molecular weight is 446 g/mol. The molecule has 1 aromatic heterocycles. The highest BCUT2D eigenvalue weighted by molar-refractivity contribution is 6.05. The fraction of sp³-hybridized carbons (Fsp3) is 0.360. The van der Waals surface area contributed by atoms with Gasteiger partial charge in [-0.3, -0.25) is 19.1 Å². The number of aryl methyl sites for hydroxylation is 1. The number of amides is 3. The lowest BCUT2D eigenvalue weighted by Crippen LogP contribution is -2.48. The lowest BCUT2D eigenvalue weighted by atomic mass is 9.80. The molecule has 2 atom stereocenters. The zero-order valence-electron chi connectivity index (χ0n) is 19.1. The lowest BCUT2D eigenvalue weighted by molar-refractivity contribution is -0.139. The monoisotopic (exact) mass is 445 g/mol.